The number of benzene rings is 3. The third-order valence-electron chi connectivity index (χ3n) is 5.79. The summed E-state index contributed by atoms with van der Waals surface area (Å²) in [4.78, 5) is 5.18. The zero-order valence-electron chi connectivity index (χ0n) is 20.3. The SMILES string of the molecule is COc1ccc(-c2c(-c3ccc(OC)cc3)c3ccccc3n(C(C)C)c2=NC(C)C)cc1. The molecule has 0 fully saturated rings. The first kappa shape index (κ1) is 22.7. The minimum Gasteiger partial charge on any atom is -0.497 e. The second kappa shape index (κ2) is 9.53. The molecule has 0 spiro atoms. The van der Waals surface area contributed by atoms with E-state index in [1.165, 1.54) is 16.5 Å². The number of aromatic nitrogens is 1. The summed E-state index contributed by atoms with van der Waals surface area (Å²) in [5.74, 6) is 1.68. The maximum absolute atomic E-state index is 5.43. The zero-order chi connectivity index (χ0) is 23.5. The summed E-state index contributed by atoms with van der Waals surface area (Å²) in [6.07, 6.45) is 0. The quantitative estimate of drug-likeness (QED) is 0.327. The molecule has 170 valence electrons. The van der Waals surface area contributed by atoms with Gasteiger partial charge in [0.1, 0.15) is 17.0 Å². The predicted octanol–water partition coefficient (Wildman–Crippen LogP) is 6.88. The molecule has 4 nitrogen and oxygen atoms in total. The van der Waals surface area contributed by atoms with Gasteiger partial charge in [-0.3, -0.25) is 4.99 Å². The molecule has 4 heteroatoms. The van der Waals surface area contributed by atoms with Gasteiger partial charge in [0.2, 0.25) is 0 Å². The number of pyridine rings is 1. The first-order valence-corrected chi connectivity index (χ1v) is 11.4. The fourth-order valence-electron chi connectivity index (χ4n) is 4.36. The molecule has 0 radical (unpaired) electrons. The predicted molar refractivity (Wildman–Crippen MR) is 137 cm³/mol. The van der Waals surface area contributed by atoms with Gasteiger partial charge in [-0.25, -0.2) is 0 Å². The van der Waals surface area contributed by atoms with E-state index in [1.807, 2.05) is 24.3 Å². The number of para-hydroxylation sites is 1. The van der Waals surface area contributed by atoms with Crippen molar-refractivity contribution in [1.82, 2.24) is 4.57 Å². The van der Waals surface area contributed by atoms with Crippen molar-refractivity contribution >= 4 is 10.9 Å². The first-order chi connectivity index (χ1) is 15.9. The van der Waals surface area contributed by atoms with Gasteiger partial charge in [0.15, 0.2) is 0 Å². The van der Waals surface area contributed by atoms with Crippen LogP contribution in [0.5, 0.6) is 11.5 Å². The monoisotopic (exact) mass is 440 g/mol. The van der Waals surface area contributed by atoms with Gasteiger partial charge in [-0.05, 0) is 69.2 Å². The summed E-state index contributed by atoms with van der Waals surface area (Å²) in [7, 11) is 3.39. The number of rotatable bonds is 6. The van der Waals surface area contributed by atoms with Crippen molar-refractivity contribution in [3.8, 4) is 33.8 Å². The Balaban J connectivity index is 2.22. The molecule has 0 bridgehead atoms. The number of fused-ring (bicyclic) bond motifs is 1. The van der Waals surface area contributed by atoms with E-state index in [0.717, 1.165) is 33.7 Å². The van der Waals surface area contributed by atoms with Gasteiger partial charge < -0.3 is 14.0 Å². The summed E-state index contributed by atoms with van der Waals surface area (Å²) in [5, 5.41) is 1.20. The molecule has 0 aliphatic carbocycles. The van der Waals surface area contributed by atoms with Crippen LogP contribution in [0.25, 0.3) is 33.2 Å². The summed E-state index contributed by atoms with van der Waals surface area (Å²) in [5.41, 5.74) is 6.72. The summed E-state index contributed by atoms with van der Waals surface area (Å²) >= 11 is 0. The highest BCUT2D eigenvalue weighted by atomic mass is 16.5. The largest absolute Gasteiger partial charge is 0.497 e. The Bertz CT molecular complexity index is 1320. The molecule has 3 aromatic carbocycles. The van der Waals surface area contributed by atoms with Crippen molar-refractivity contribution in [2.75, 3.05) is 14.2 Å². The van der Waals surface area contributed by atoms with E-state index >= 15 is 0 Å². The smallest absolute Gasteiger partial charge is 0.137 e. The first-order valence-electron chi connectivity index (χ1n) is 11.4. The average Bonchev–Trinajstić information content (AvgIpc) is 2.83. The third-order valence-corrected chi connectivity index (χ3v) is 5.79. The summed E-state index contributed by atoms with van der Waals surface area (Å²) in [6, 6.07) is 25.6. The van der Waals surface area contributed by atoms with Gasteiger partial charge in [0.05, 0.1) is 19.7 Å². The number of hydrogen-bond donors (Lipinski definition) is 0. The molecule has 0 saturated carbocycles. The van der Waals surface area contributed by atoms with Crippen molar-refractivity contribution < 1.29 is 9.47 Å². The van der Waals surface area contributed by atoms with Crippen LogP contribution in [0.2, 0.25) is 0 Å². The van der Waals surface area contributed by atoms with Crippen LogP contribution in [0.15, 0.2) is 77.8 Å². The lowest BCUT2D eigenvalue weighted by Crippen LogP contribution is -2.28. The van der Waals surface area contributed by atoms with Crippen LogP contribution in [0.3, 0.4) is 0 Å². The van der Waals surface area contributed by atoms with Crippen molar-refractivity contribution in [3.05, 3.63) is 78.3 Å². The van der Waals surface area contributed by atoms with E-state index in [4.69, 9.17) is 14.5 Å². The molecule has 0 atom stereocenters. The van der Waals surface area contributed by atoms with Crippen LogP contribution in [0.1, 0.15) is 33.7 Å². The molecule has 1 heterocycles. The Kier molecular flexibility index (Phi) is 6.55. The van der Waals surface area contributed by atoms with E-state index in [9.17, 15) is 0 Å². The van der Waals surface area contributed by atoms with Crippen molar-refractivity contribution in [3.63, 3.8) is 0 Å². The molecule has 0 aliphatic heterocycles. The molecule has 0 unspecified atom stereocenters. The number of nitrogens with zero attached hydrogens (tertiary/aromatic N) is 2. The van der Waals surface area contributed by atoms with Gasteiger partial charge in [-0.2, -0.15) is 0 Å². The molecular formula is C29H32N2O2. The molecule has 0 N–H and O–H groups in total. The van der Waals surface area contributed by atoms with E-state index in [2.05, 4.69) is 80.8 Å². The van der Waals surface area contributed by atoms with Crippen LogP contribution in [0.4, 0.5) is 0 Å². The van der Waals surface area contributed by atoms with Crippen LogP contribution in [0, 0.1) is 0 Å². The van der Waals surface area contributed by atoms with E-state index < -0.39 is 0 Å². The Labute approximate surface area is 196 Å². The minimum atomic E-state index is 0.150. The van der Waals surface area contributed by atoms with Crippen molar-refractivity contribution in [2.45, 2.75) is 39.8 Å². The number of hydrogen-bond acceptors (Lipinski definition) is 3. The Hall–Kier alpha value is -3.53. The molecule has 0 amide bonds. The maximum Gasteiger partial charge on any atom is 0.137 e. The molecule has 1 aromatic heterocycles. The third kappa shape index (κ3) is 4.38. The van der Waals surface area contributed by atoms with Crippen LogP contribution < -0.4 is 15.0 Å². The van der Waals surface area contributed by atoms with Crippen LogP contribution in [-0.4, -0.2) is 24.8 Å². The molecule has 0 aliphatic rings. The Morgan fingerprint density at radius 3 is 1.67 bits per heavy atom. The van der Waals surface area contributed by atoms with Gasteiger partial charge in [-0.1, -0.05) is 42.5 Å². The molecule has 0 saturated heterocycles. The summed E-state index contributed by atoms with van der Waals surface area (Å²) < 4.78 is 13.2. The Morgan fingerprint density at radius 1 is 0.667 bits per heavy atom. The van der Waals surface area contributed by atoms with Gasteiger partial charge in [0, 0.05) is 28.6 Å². The van der Waals surface area contributed by atoms with E-state index in [1.54, 1.807) is 14.2 Å². The lowest BCUT2D eigenvalue weighted by molar-refractivity contribution is 0.414. The highest BCUT2D eigenvalue weighted by Crippen LogP contribution is 2.38. The average molecular weight is 441 g/mol. The van der Waals surface area contributed by atoms with Gasteiger partial charge >= 0.3 is 0 Å². The normalized spacial score (nSPS) is 12.1. The summed E-state index contributed by atoms with van der Waals surface area (Å²) in [6.45, 7) is 8.70. The lowest BCUT2D eigenvalue weighted by Gasteiger charge is -2.23. The van der Waals surface area contributed by atoms with Crippen molar-refractivity contribution in [1.29, 1.82) is 0 Å². The zero-order valence-corrected chi connectivity index (χ0v) is 20.3. The minimum absolute atomic E-state index is 0.150. The highest BCUT2D eigenvalue weighted by molar-refractivity contribution is 6.02. The fraction of sp³-hybridized carbons (Fsp3) is 0.276. The van der Waals surface area contributed by atoms with E-state index in [0.29, 0.717) is 0 Å². The van der Waals surface area contributed by atoms with Gasteiger partial charge in [-0.15, -0.1) is 0 Å². The van der Waals surface area contributed by atoms with E-state index in [-0.39, 0.29) is 12.1 Å². The van der Waals surface area contributed by atoms with Crippen LogP contribution in [-0.2, 0) is 0 Å². The van der Waals surface area contributed by atoms with Gasteiger partial charge in [0.25, 0.3) is 0 Å². The second-order valence-corrected chi connectivity index (χ2v) is 8.73. The number of ether oxygens (including phenoxy) is 2. The van der Waals surface area contributed by atoms with Crippen molar-refractivity contribution in [2.24, 2.45) is 4.99 Å². The fourth-order valence-corrected chi connectivity index (χ4v) is 4.36. The maximum atomic E-state index is 5.43. The Morgan fingerprint density at radius 2 is 1.18 bits per heavy atom. The topological polar surface area (TPSA) is 35.8 Å². The standard InChI is InChI=1S/C29H32N2O2/c1-19(2)30-29-28(22-13-17-24(33-6)18-14-22)27(21-11-15-23(32-5)16-12-21)25-9-7-8-10-26(25)31(29)20(3)4/h7-20H,1-6H3. The molecule has 4 aromatic rings. The number of methoxy groups -OCH3 is 2. The molecular weight excluding hydrogens is 408 g/mol. The lowest BCUT2D eigenvalue weighted by atomic mass is 9.91. The van der Waals surface area contributed by atoms with Crippen LogP contribution >= 0.6 is 0 Å². The molecule has 33 heavy (non-hydrogen) atoms. The highest BCUT2D eigenvalue weighted by Gasteiger charge is 2.20. The second-order valence-electron chi connectivity index (χ2n) is 8.73. The molecule has 4 rings (SSSR count).